The first-order chi connectivity index (χ1) is 26.3. The Bertz CT molecular complexity index is 3280. The molecular formula is C46H26N6O. The SMILES string of the molecule is N#Cc1ccc(-c2nc(-c3ccccc3)nc(-n3c4ccccc4c4c5c(c6ccccc6n5-c5ccccc5)c5oc6ccccc6c5c43)n2)cc1. The van der Waals surface area contributed by atoms with Gasteiger partial charge in [-0.1, -0.05) is 103 Å². The number of benzene rings is 7. The van der Waals surface area contributed by atoms with Crippen LogP contribution >= 0.6 is 0 Å². The largest absolute Gasteiger partial charge is 0.455 e. The molecule has 246 valence electrons. The van der Waals surface area contributed by atoms with Crippen LogP contribution in [0.4, 0.5) is 0 Å². The molecular weight excluding hydrogens is 653 g/mol. The van der Waals surface area contributed by atoms with E-state index >= 15 is 0 Å². The summed E-state index contributed by atoms with van der Waals surface area (Å²) < 4.78 is 11.5. The fourth-order valence-corrected chi connectivity index (χ4v) is 7.94. The number of hydrogen-bond acceptors (Lipinski definition) is 5. The van der Waals surface area contributed by atoms with E-state index in [1.165, 1.54) is 0 Å². The summed E-state index contributed by atoms with van der Waals surface area (Å²) in [6.45, 7) is 0. The highest BCUT2D eigenvalue weighted by atomic mass is 16.3. The number of fused-ring (bicyclic) bond motifs is 12. The number of hydrogen-bond donors (Lipinski definition) is 0. The van der Waals surface area contributed by atoms with Gasteiger partial charge < -0.3 is 8.98 Å². The molecule has 7 heteroatoms. The van der Waals surface area contributed by atoms with Crippen molar-refractivity contribution in [3.63, 3.8) is 0 Å². The molecule has 0 unspecified atom stereocenters. The summed E-state index contributed by atoms with van der Waals surface area (Å²) in [5.74, 6) is 1.54. The number of nitriles is 1. The lowest BCUT2D eigenvalue weighted by atomic mass is 10.0. The molecule has 11 rings (SSSR count). The van der Waals surface area contributed by atoms with Crippen molar-refractivity contribution >= 4 is 65.6 Å². The van der Waals surface area contributed by atoms with Crippen LogP contribution < -0.4 is 0 Å². The van der Waals surface area contributed by atoms with Crippen molar-refractivity contribution in [1.29, 1.82) is 5.26 Å². The van der Waals surface area contributed by atoms with Gasteiger partial charge in [-0.05, 0) is 54.6 Å². The van der Waals surface area contributed by atoms with E-state index in [9.17, 15) is 5.26 Å². The normalized spacial score (nSPS) is 11.8. The van der Waals surface area contributed by atoms with Crippen LogP contribution in [0.2, 0.25) is 0 Å². The summed E-state index contributed by atoms with van der Waals surface area (Å²) in [5.41, 5.74) is 8.97. The Hall–Kier alpha value is -7.56. The van der Waals surface area contributed by atoms with E-state index in [1.54, 1.807) is 12.1 Å². The van der Waals surface area contributed by atoms with Gasteiger partial charge in [-0.2, -0.15) is 15.2 Å². The Morgan fingerprint density at radius 2 is 1.00 bits per heavy atom. The number of para-hydroxylation sites is 4. The molecule has 0 saturated heterocycles. The first-order valence-electron chi connectivity index (χ1n) is 17.4. The van der Waals surface area contributed by atoms with Crippen LogP contribution in [0.3, 0.4) is 0 Å². The molecule has 0 atom stereocenters. The smallest absolute Gasteiger partial charge is 0.238 e. The van der Waals surface area contributed by atoms with Crippen molar-refractivity contribution in [3.8, 4) is 40.5 Å². The van der Waals surface area contributed by atoms with Gasteiger partial charge in [0.1, 0.15) is 11.2 Å². The summed E-state index contributed by atoms with van der Waals surface area (Å²) in [6.07, 6.45) is 0. The summed E-state index contributed by atoms with van der Waals surface area (Å²) in [4.78, 5) is 15.4. The minimum Gasteiger partial charge on any atom is -0.455 e. The molecule has 4 heterocycles. The van der Waals surface area contributed by atoms with Crippen LogP contribution in [0.1, 0.15) is 5.56 Å². The molecule has 11 aromatic rings. The lowest BCUT2D eigenvalue weighted by Gasteiger charge is -2.12. The van der Waals surface area contributed by atoms with E-state index in [0.29, 0.717) is 23.2 Å². The molecule has 0 spiro atoms. The minimum absolute atomic E-state index is 0.484. The third-order valence-electron chi connectivity index (χ3n) is 10.2. The van der Waals surface area contributed by atoms with Gasteiger partial charge in [-0.15, -0.1) is 0 Å². The number of nitrogens with zero attached hydrogens (tertiary/aromatic N) is 6. The summed E-state index contributed by atoms with van der Waals surface area (Å²) >= 11 is 0. The van der Waals surface area contributed by atoms with Crippen LogP contribution in [-0.4, -0.2) is 24.1 Å². The van der Waals surface area contributed by atoms with Crippen LogP contribution in [0.25, 0.3) is 100.0 Å². The zero-order chi connectivity index (χ0) is 35.0. The highest BCUT2D eigenvalue weighted by Crippen LogP contribution is 2.49. The minimum atomic E-state index is 0.484. The maximum atomic E-state index is 9.52. The molecule has 0 radical (unpaired) electrons. The Balaban J connectivity index is 1.38. The van der Waals surface area contributed by atoms with E-state index < -0.39 is 0 Å². The topological polar surface area (TPSA) is 85.5 Å². The number of furan rings is 1. The van der Waals surface area contributed by atoms with Gasteiger partial charge in [0.15, 0.2) is 11.6 Å². The number of aromatic nitrogens is 5. The van der Waals surface area contributed by atoms with Crippen LogP contribution in [0.15, 0.2) is 162 Å². The molecule has 53 heavy (non-hydrogen) atoms. The second kappa shape index (κ2) is 11.2. The van der Waals surface area contributed by atoms with Crippen LogP contribution in [0, 0.1) is 11.3 Å². The molecule has 0 aliphatic carbocycles. The van der Waals surface area contributed by atoms with Gasteiger partial charge in [0.2, 0.25) is 5.95 Å². The van der Waals surface area contributed by atoms with Crippen molar-refractivity contribution in [3.05, 3.63) is 163 Å². The van der Waals surface area contributed by atoms with Crippen molar-refractivity contribution in [2.75, 3.05) is 0 Å². The molecule has 0 aliphatic heterocycles. The van der Waals surface area contributed by atoms with Crippen molar-refractivity contribution in [2.24, 2.45) is 0 Å². The summed E-state index contributed by atoms with van der Waals surface area (Å²) in [7, 11) is 0. The van der Waals surface area contributed by atoms with Crippen molar-refractivity contribution in [2.45, 2.75) is 0 Å². The van der Waals surface area contributed by atoms with Crippen LogP contribution in [-0.2, 0) is 0 Å². The third-order valence-corrected chi connectivity index (χ3v) is 10.2. The zero-order valence-corrected chi connectivity index (χ0v) is 28.1. The van der Waals surface area contributed by atoms with Gasteiger partial charge in [-0.3, -0.25) is 4.57 Å². The van der Waals surface area contributed by atoms with Gasteiger partial charge in [-0.25, -0.2) is 4.98 Å². The standard InChI is InChI=1S/C46H26N6O/c47-27-28-23-25-30(26-24-28)45-48-44(29-13-3-1-4-14-29)49-46(50-45)52-36-21-11-7-17-32(36)38-41-39(43-40(42(38)52)34-19-9-12-22-37(34)53-43)33-18-8-10-20-35(33)51(41)31-15-5-2-6-16-31/h1-26H. The lowest BCUT2D eigenvalue weighted by Crippen LogP contribution is -2.06. The molecule has 0 N–H and O–H groups in total. The fourth-order valence-electron chi connectivity index (χ4n) is 7.94. The van der Waals surface area contributed by atoms with Crippen molar-refractivity contribution in [1.82, 2.24) is 24.1 Å². The second-order valence-electron chi connectivity index (χ2n) is 13.1. The highest BCUT2D eigenvalue weighted by Gasteiger charge is 2.28. The number of rotatable bonds is 4. The van der Waals surface area contributed by atoms with E-state index in [-0.39, 0.29) is 0 Å². The van der Waals surface area contributed by atoms with E-state index in [1.807, 2.05) is 60.7 Å². The monoisotopic (exact) mass is 678 g/mol. The summed E-state index contributed by atoms with van der Waals surface area (Å²) in [5, 5.41) is 15.9. The molecule has 0 saturated carbocycles. The molecule has 7 nitrogen and oxygen atoms in total. The van der Waals surface area contributed by atoms with Crippen LogP contribution in [0.5, 0.6) is 0 Å². The molecule has 4 aromatic heterocycles. The van der Waals surface area contributed by atoms with E-state index in [4.69, 9.17) is 19.4 Å². The average Bonchev–Trinajstić information content (AvgIpc) is 3.89. The fraction of sp³-hybridized carbons (Fsp3) is 0. The lowest BCUT2D eigenvalue weighted by molar-refractivity contribution is 0.673. The van der Waals surface area contributed by atoms with Gasteiger partial charge in [0, 0.05) is 38.4 Å². The molecule has 0 bridgehead atoms. The average molecular weight is 679 g/mol. The van der Waals surface area contributed by atoms with E-state index in [2.05, 4.69) is 100 Å². The third kappa shape index (κ3) is 4.24. The van der Waals surface area contributed by atoms with Gasteiger partial charge in [0.25, 0.3) is 0 Å². The highest BCUT2D eigenvalue weighted by molar-refractivity contribution is 6.39. The maximum absolute atomic E-state index is 9.52. The zero-order valence-electron chi connectivity index (χ0n) is 28.1. The van der Waals surface area contributed by atoms with Gasteiger partial charge >= 0.3 is 0 Å². The second-order valence-corrected chi connectivity index (χ2v) is 13.1. The first kappa shape index (κ1) is 29.2. The molecule has 0 fully saturated rings. The molecule has 0 aliphatic rings. The van der Waals surface area contributed by atoms with Crippen molar-refractivity contribution < 1.29 is 4.42 Å². The quantitative estimate of drug-likeness (QED) is 0.185. The summed E-state index contributed by atoms with van der Waals surface area (Å²) in [6, 6.07) is 55.4. The Labute approximate surface area is 302 Å². The molecule has 0 amide bonds. The Kier molecular flexibility index (Phi) is 6.18. The first-order valence-corrected chi connectivity index (χ1v) is 17.4. The van der Waals surface area contributed by atoms with Gasteiger partial charge in [0.05, 0.1) is 44.5 Å². The van der Waals surface area contributed by atoms with E-state index in [0.717, 1.165) is 82.4 Å². The predicted octanol–water partition coefficient (Wildman–Crippen LogP) is 11.2. The maximum Gasteiger partial charge on any atom is 0.238 e. The Morgan fingerprint density at radius 1 is 0.472 bits per heavy atom. The Morgan fingerprint density at radius 3 is 1.70 bits per heavy atom. The predicted molar refractivity (Wildman–Crippen MR) is 211 cm³/mol. The molecule has 7 aromatic carbocycles.